The number of imidazole rings is 1. The van der Waals surface area contributed by atoms with E-state index in [0.29, 0.717) is 21.6 Å². The lowest BCUT2D eigenvalue weighted by Crippen LogP contribution is -1.95. The van der Waals surface area contributed by atoms with Crippen molar-refractivity contribution in [1.29, 1.82) is 0 Å². The van der Waals surface area contributed by atoms with Gasteiger partial charge in [-0.25, -0.2) is 4.98 Å². The summed E-state index contributed by atoms with van der Waals surface area (Å²) in [6.45, 7) is 0.648. The molecule has 2 aromatic carbocycles. The lowest BCUT2D eigenvalue weighted by molar-refractivity contribution is 0.972. The second-order valence-corrected chi connectivity index (χ2v) is 8.07. The summed E-state index contributed by atoms with van der Waals surface area (Å²) in [4.78, 5) is 10.3. The van der Waals surface area contributed by atoms with Gasteiger partial charge in [-0.3, -0.25) is 9.39 Å². The van der Waals surface area contributed by atoms with Gasteiger partial charge in [-0.1, -0.05) is 53.0 Å². The van der Waals surface area contributed by atoms with Gasteiger partial charge in [-0.05, 0) is 36.2 Å². The van der Waals surface area contributed by atoms with Crippen LogP contribution < -0.4 is 0 Å². The van der Waals surface area contributed by atoms with Crippen LogP contribution in [0.4, 0.5) is 0 Å². The van der Waals surface area contributed by atoms with Gasteiger partial charge in [0.25, 0.3) is 0 Å². The molecule has 0 aliphatic carbocycles. The first-order valence-electron chi connectivity index (χ1n) is 8.27. The summed E-state index contributed by atoms with van der Waals surface area (Å²) < 4.78 is 2.05. The largest absolute Gasteiger partial charge is 0.291 e. The quantitative estimate of drug-likeness (QED) is 0.322. The molecule has 136 valence electrons. The van der Waals surface area contributed by atoms with Gasteiger partial charge in [0, 0.05) is 34.9 Å². The van der Waals surface area contributed by atoms with E-state index in [1.54, 1.807) is 11.3 Å². The first kappa shape index (κ1) is 18.5. The Hall–Kier alpha value is -1.85. The zero-order valence-corrected chi connectivity index (χ0v) is 17.2. The fourth-order valence-electron chi connectivity index (χ4n) is 2.79. The minimum Gasteiger partial charge on any atom is -0.291 e. The molecule has 0 fully saturated rings. The maximum absolute atomic E-state index is 6.07. The Labute approximate surface area is 175 Å². The number of hydrogen-bond acceptors (Lipinski definition) is 3. The number of aliphatic imine (C=N–C) groups is 1. The molecule has 3 nitrogen and oxygen atoms in total. The van der Waals surface area contributed by atoms with Gasteiger partial charge in [0.2, 0.25) is 0 Å². The molecular formula is C20H14Cl3N3S. The zero-order chi connectivity index (χ0) is 18.8. The lowest BCUT2D eigenvalue weighted by atomic mass is 10.1. The van der Waals surface area contributed by atoms with Gasteiger partial charge >= 0.3 is 0 Å². The summed E-state index contributed by atoms with van der Waals surface area (Å²) in [5.74, 6) is 0. The molecule has 0 aliphatic heterocycles. The van der Waals surface area contributed by atoms with Crippen LogP contribution in [0.1, 0.15) is 11.3 Å². The molecule has 4 rings (SSSR count). The van der Waals surface area contributed by atoms with Crippen LogP contribution in [-0.2, 0) is 6.42 Å². The molecule has 2 aromatic heterocycles. The Morgan fingerprint density at radius 1 is 1.04 bits per heavy atom. The maximum atomic E-state index is 6.07. The number of halogens is 3. The predicted molar refractivity (Wildman–Crippen MR) is 116 cm³/mol. The molecule has 7 heteroatoms. The van der Waals surface area contributed by atoms with E-state index in [2.05, 4.69) is 9.39 Å². The van der Waals surface area contributed by atoms with E-state index in [-0.39, 0.29) is 0 Å². The van der Waals surface area contributed by atoms with Crippen LogP contribution in [0.3, 0.4) is 0 Å². The third-order valence-corrected chi connectivity index (χ3v) is 5.89. The Morgan fingerprint density at radius 2 is 1.85 bits per heavy atom. The van der Waals surface area contributed by atoms with Crippen molar-refractivity contribution < 1.29 is 0 Å². The third kappa shape index (κ3) is 4.04. The van der Waals surface area contributed by atoms with Crippen molar-refractivity contribution in [1.82, 2.24) is 9.38 Å². The van der Waals surface area contributed by atoms with Gasteiger partial charge < -0.3 is 0 Å². The van der Waals surface area contributed by atoms with Gasteiger partial charge in [-0.2, -0.15) is 0 Å². The van der Waals surface area contributed by atoms with Crippen molar-refractivity contribution in [2.24, 2.45) is 4.99 Å². The number of aromatic nitrogens is 2. The summed E-state index contributed by atoms with van der Waals surface area (Å²) in [7, 11) is 0. The summed E-state index contributed by atoms with van der Waals surface area (Å²) >= 11 is 19.6. The van der Waals surface area contributed by atoms with E-state index in [9.17, 15) is 0 Å². The van der Waals surface area contributed by atoms with Crippen molar-refractivity contribution >= 4 is 57.3 Å². The Kier molecular flexibility index (Phi) is 5.50. The van der Waals surface area contributed by atoms with Crippen LogP contribution in [0.25, 0.3) is 16.2 Å². The molecular weight excluding hydrogens is 421 g/mol. The Balaban J connectivity index is 1.58. The van der Waals surface area contributed by atoms with E-state index < -0.39 is 0 Å². The van der Waals surface area contributed by atoms with Gasteiger partial charge in [-0.15, -0.1) is 11.3 Å². The average Bonchev–Trinajstić information content (AvgIpc) is 3.24. The molecule has 0 amide bonds. The summed E-state index contributed by atoms with van der Waals surface area (Å²) in [5, 5.41) is 3.85. The van der Waals surface area contributed by atoms with Crippen LogP contribution in [-0.4, -0.2) is 22.1 Å². The number of benzene rings is 2. The predicted octanol–water partition coefficient (Wildman–Crippen LogP) is 6.68. The Bertz CT molecular complexity index is 1110. The second-order valence-electron chi connectivity index (χ2n) is 5.94. The molecule has 0 unspecified atom stereocenters. The molecule has 2 heterocycles. The highest BCUT2D eigenvalue weighted by Gasteiger charge is 2.13. The van der Waals surface area contributed by atoms with Crippen LogP contribution in [0, 0.1) is 0 Å². The molecule has 0 saturated heterocycles. The zero-order valence-electron chi connectivity index (χ0n) is 14.1. The first-order chi connectivity index (χ1) is 13.1. The summed E-state index contributed by atoms with van der Waals surface area (Å²) in [5.41, 5.74) is 3.98. The monoisotopic (exact) mass is 433 g/mol. The van der Waals surface area contributed by atoms with Crippen LogP contribution in [0.2, 0.25) is 15.1 Å². The molecule has 0 bridgehead atoms. The van der Waals surface area contributed by atoms with Crippen LogP contribution in [0.15, 0.2) is 59.0 Å². The van der Waals surface area contributed by atoms with E-state index in [0.717, 1.165) is 33.9 Å². The lowest BCUT2D eigenvalue weighted by Gasteiger charge is -2.02. The number of rotatable bonds is 5. The standard InChI is InChI=1S/C20H14Cl3N3S/c21-15-4-2-14(3-5-15)19-18(26-9-10-27-20(26)25-19)12-24-8-7-13-1-6-16(22)17(23)11-13/h1-6,9-12H,7-8H2/b24-12+. The van der Waals surface area contributed by atoms with Crippen molar-refractivity contribution in [3.05, 3.63) is 80.4 Å². The van der Waals surface area contributed by atoms with Crippen molar-refractivity contribution in [3.8, 4) is 11.3 Å². The topological polar surface area (TPSA) is 29.7 Å². The summed E-state index contributed by atoms with van der Waals surface area (Å²) in [6.07, 6.45) is 4.68. The van der Waals surface area contributed by atoms with Crippen LogP contribution >= 0.6 is 46.1 Å². The second kappa shape index (κ2) is 8.03. The van der Waals surface area contributed by atoms with Gasteiger partial charge in [0.1, 0.15) is 0 Å². The fraction of sp³-hybridized carbons (Fsp3) is 0.100. The molecule has 4 aromatic rings. The van der Waals surface area contributed by atoms with Crippen molar-refractivity contribution in [3.63, 3.8) is 0 Å². The van der Waals surface area contributed by atoms with Crippen LogP contribution in [0.5, 0.6) is 0 Å². The van der Waals surface area contributed by atoms with E-state index in [1.807, 2.05) is 60.3 Å². The number of fused-ring (bicyclic) bond motifs is 1. The third-order valence-electron chi connectivity index (χ3n) is 4.14. The molecule has 0 atom stereocenters. The molecule has 0 N–H and O–H groups in total. The molecule has 0 saturated carbocycles. The molecule has 0 radical (unpaired) electrons. The average molecular weight is 435 g/mol. The normalized spacial score (nSPS) is 11.7. The minimum absolute atomic E-state index is 0.565. The highest BCUT2D eigenvalue weighted by atomic mass is 35.5. The first-order valence-corrected chi connectivity index (χ1v) is 10.3. The highest BCUT2D eigenvalue weighted by Crippen LogP contribution is 2.27. The highest BCUT2D eigenvalue weighted by molar-refractivity contribution is 7.15. The maximum Gasteiger partial charge on any atom is 0.194 e. The molecule has 0 spiro atoms. The number of nitrogens with zero attached hydrogens (tertiary/aromatic N) is 3. The van der Waals surface area contributed by atoms with Gasteiger partial charge in [0.15, 0.2) is 4.96 Å². The number of hydrogen-bond donors (Lipinski definition) is 0. The van der Waals surface area contributed by atoms with Crippen molar-refractivity contribution in [2.75, 3.05) is 6.54 Å². The SMILES string of the molecule is Clc1ccc(-c2nc3sccn3c2/C=N/CCc2ccc(Cl)c(Cl)c2)cc1. The number of thiazole rings is 1. The van der Waals surface area contributed by atoms with E-state index in [4.69, 9.17) is 39.8 Å². The van der Waals surface area contributed by atoms with Crippen molar-refractivity contribution in [2.45, 2.75) is 6.42 Å². The van der Waals surface area contributed by atoms with E-state index in [1.165, 1.54) is 0 Å². The van der Waals surface area contributed by atoms with E-state index >= 15 is 0 Å². The fourth-order valence-corrected chi connectivity index (χ4v) is 3.95. The van der Waals surface area contributed by atoms with Gasteiger partial charge in [0.05, 0.1) is 21.4 Å². The summed E-state index contributed by atoms with van der Waals surface area (Å²) in [6, 6.07) is 13.4. The minimum atomic E-state index is 0.565. The smallest absolute Gasteiger partial charge is 0.194 e. The molecule has 27 heavy (non-hydrogen) atoms. The molecule has 0 aliphatic rings. The Morgan fingerprint density at radius 3 is 2.63 bits per heavy atom.